The Balaban J connectivity index is 1.95. The summed E-state index contributed by atoms with van der Waals surface area (Å²) >= 11 is 0. The van der Waals surface area contributed by atoms with E-state index in [4.69, 9.17) is 5.73 Å². The van der Waals surface area contributed by atoms with E-state index in [1.165, 1.54) is 24.0 Å². The SMILES string of the molecule is C=C(C)CNC1(CN)CCC(c2ccccc2)CC1. The number of hydrogen-bond donors (Lipinski definition) is 2. The molecule has 1 aromatic rings. The van der Waals surface area contributed by atoms with Crippen molar-refractivity contribution in [3.8, 4) is 0 Å². The molecule has 104 valence electrons. The summed E-state index contributed by atoms with van der Waals surface area (Å²) in [5, 5.41) is 3.63. The molecule has 2 nitrogen and oxygen atoms in total. The highest BCUT2D eigenvalue weighted by Gasteiger charge is 2.33. The fourth-order valence-electron chi connectivity index (χ4n) is 3.02. The molecule has 3 N–H and O–H groups in total. The summed E-state index contributed by atoms with van der Waals surface area (Å²) in [6, 6.07) is 10.9. The standard InChI is InChI=1S/C17H26N2/c1-14(2)12-19-17(13-18)10-8-16(9-11-17)15-6-4-3-5-7-15/h3-7,16,19H,1,8-13,18H2,2H3. The van der Waals surface area contributed by atoms with Gasteiger partial charge in [0.15, 0.2) is 0 Å². The lowest BCUT2D eigenvalue weighted by Gasteiger charge is -2.40. The minimum absolute atomic E-state index is 0.129. The minimum atomic E-state index is 0.129. The van der Waals surface area contributed by atoms with E-state index in [-0.39, 0.29) is 5.54 Å². The summed E-state index contributed by atoms with van der Waals surface area (Å²) in [4.78, 5) is 0. The Kier molecular flexibility index (Phi) is 4.78. The van der Waals surface area contributed by atoms with Crippen molar-refractivity contribution in [2.45, 2.75) is 44.1 Å². The van der Waals surface area contributed by atoms with Gasteiger partial charge in [-0.25, -0.2) is 0 Å². The van der Waals surface area contributed by atoms with Crippen LogP contribution in [-0.4, -0.2) is 18.6 Å². The van der Waals surface area contributed by atoms with E-state index in [1.807, 2.05) is 0 Å². The summed E-state index contributed by atoms with van der Waals surface area (Å²) in [6.45, 7) is 7.63. The van der Waals surface area contributed by atoms with Gasteiger partial charge < -0.3 is 11.1 Å². The molecule has 2 rings (SSSR count). The second-order valence-electron chi connectivity index (χ2n) is 5.98. The fourth-order valence-corrected chi connectivity index (χ4v) is 3.02. The minimum Gasteiger partial charge on any atom is -0.329 e. The molecule has 0 bridgehead atoms. The Labute approximate surface area is 117 Å². The van der Waals surface area contributed by atoms with Crippen molar-refractivity contribution in [3.05, 3.63) is 48.0 Å². The highest BCUT2D eigenvalue weighted by Crippen LogP contribution is 2.37. The lowest BCUT2D eigenvalue weighted by Crippen LogP contribution is -2.53. The van der Waals surface area contributed by atoms with Crippen molar-refractivity contribution >= 4 is 0 Å². The van der Waals surface area contributed by atoms with Crippen molar-refractivity contribution in [2.24, 2.45) is 5.73 Å². The van der Waals surface area contributed by atoms with Crippen LogP contribution in [0.5, 0.6) is 0 Å². The van der Waals surface area contributed by atoms with Gasteiger partial charge in [0, 0.05) is 18.6 Å². The first-order valence-corrected chi connectivity index (χ1v) is 7.30. The second-order valence-corrected chi connectivity index (χ2v) is 5.98. The van der Waals surface area contributed by atoms with Gasteiger partial charge in [-0.3, -0.25) is 0 Å². The predicted octanol–water partition coefficient (Wildman–Crippen LogP) is 3.21. The zero-order valence-corrected chi connectivity index (χ0v) is 12.0. The highest BCUT2D eigenvalue weighted by molar-refractivity contribution is 5.20. The van der Waals surface area contributed by atoms with E-state index in [2.05, 4.69) is 49.2 Å². The molecule has 2 heteroatoms. The summed E-state index contributed by atoms with van der Waals surface area (Å²) < 4.78 is 0. The molecule has 0 atom stereocenters. The fraction of sp³-hybridized carbons (Fsp3) is 0.529. The highest BCUT2D eigenvalue weighted by atomic mass is 15.0. The van der Waals surface area contributed by atoms with Crippen LogP contribution < -0.4 is 11.1 Å². The van der Waals surface area contributed by atoms with Crippen LogP contribution in [0, 0.1) is 0 Å². The summed E-state index contributed by atoms with van der Waals surface area (Å²) in [7, 11) is 0. The third-order valence-electron chi connectivity index (χ3n) is 4.37. The number of nitrogens with one attached hydrogen (secondary N) is 1. The molecule has 0 aliphatic heterocycles. The quantitative estimate of drug-likeness (QED) is 0.796. The average molecular weight is 258 g/mol. The van der Waals surface area contributed by atoms with Gasteiger partial charge in [-0.15, -0.1) is 0 Å². The molecule has 19 heavy (non-hydrogen) atoms. The van der Waals surface area contributed by atoms with Gasteiger partial charge >= 0.3 is 0 Å². The van der Waals surface area contributed by atoms with Crippen LogP contribution >= 0.6 is 0 Å². The Morgan fingerprint density at radius 2 is 1.95 bits per heavy atom. The van der Waals surface area contributed by atoms with Gasteiger partial charge in [0.1, 0.15) is 0 Å². The van der Waals surface area contributed by atoms with E-state index in [0.717, 1.165) is 25.9 Å². The van der Waals surface area contributed by atoms with Crippen LogP contribution in [0.25, 0.3) is 0 Å². The average Bonchev–Trinajstić information content (AvgIpc) is 2.47. The Bertz CT molecular complexity index is 403. The molecule has 1 aliphatic carbocycles. The maximum Gasteiger partial charge on any atom is 0.0307 e. The maximum atomic E-state index is 6.02. The van der Waals surface area contributed by atoms with Gasteiger partial charge in [0.2, 0.25) is 0 Å². The number of benzene rings is 1. The zero-order chi connectivity index (χ0) is 13.7. The zero-order valence-electron chi connectivity index (χ0n) is 12.0. The summed E-state index contributed by atoms with van der Waals surface area (Å²) in [5.74, 6) is 0.701. The van der Waals surface area contributed by atoms with E-state index in [1.54, 1.807) is 0 Å². The van der Waals surface area contributed by atoms with Crippen LogP contribution in [0.1, 0.15) is 44.1 Å². The van der Waals surface area contributed by atoms with E-state index < -0.39 is 0 Å². The number of nitrogens with two attached hydrogens (primary N) is 1. The van der Waals surface area contributed by atoms with Gasteiger partial charge in [0.25, 0.3) is 0 Å². The van der Waals surface area contributed by atoms with Crippen LogP contribution in [-0.2, 0) is 0 Å². The molecule has 0 heterocycles. The Morgan fingerprint density at radius 1 is 1.32 bits per heavy atom. The van der Waals surface area contributed by atoms with E-state index in [0.29, 0.717) is 5.92 Å². The van der Waals surface area contributed by atoms with Crippen LogP contribution in [0.2, 0.25) is 0 Å². The predicted molar refractivity (Wildman–Crippen MR) is 82.3 cm³/mol. The molecule has 1 aliphatic rings. The van der Waals surface area contributed by atoms with E-state index in [9.17, 15) is 0 Å². The van der Waals surface area contributed by atoms with E-state index >= 15 is 0 Å². The normalized spacial score (nSPS) is 27.2. The smallest absolute Gasteiger partial charge is 0.0307 e. The monoisotopic (exact) mass is 258 g/mol. The molecule has 0 radical (unpaired) electrons. The molecule has 0 amide bonds. The van der Waals surface area contributed by atoms with Crippen molar-refractivity contribution in [1.82, 2.24) is 5.32 Å². The molecule has 0 saturated heterocycles. The summed E-state index contributed by atoms with van der Waals surface area (Å²) in [6.07, 6.45) is 4.78. The lowest BCUT2D eigenvalue weighted by atomic mass is 9.74. The number of hydrogen-bond acceptors (Lipinski definition) is 2. The lowest BCUT2D eigenvalue weighted by molar-refractivity contribution is 0.228. The molecule has 1 fully saturated rings. The number of rotatable bonds is 5. The molecule has 0 aromatic heterocycles. The molecular formula is C17H26N2. The Morgan fingerprint density at radius 3 is 2.47 bits per heavy atom. The van der Waals surface area contributed by atoms with Crippen LogP contribution in [0.4, 0.5) is 0 Å². The van der Waals surface area contributed by atoms with Gasteiger partial charge in [-0.05, 0) is 44.1 Å². The third kappa shape index (κ3) is 3.68. The molecule has 1 saturated carbocycles. The van der Waals surface area contributed by atoms with Crippen molar-refractivity contribution < 1.29 is 0 Å². The molecular weight excluding hydrogens is 232 g/mol. The van der Waals surface area contributed by atoms with Gasteiger partial charge in [0.05, 0.1) is 0 Å². The Hall–Kier alpha value is -1.12. The van der Waals surface area contributed by atoms with Gasteiger partial charge in [-0.2, -0.15) is 0 Å². The topological polar surface area (TPSA) is 38.0 Å². The molecule has 0 unspecified atom stereocenters. The molecule has 0 spiro atoms. The van der Waals surface area contributed by atoms with Crippen molar-refractivity contribution in [3.63, 3.8) is 0 Å². The largest absolute Gasteiger partial charge is 0.329 e. The maximum absolute atomic E-state index is 6.02. The first kappa shape index (κ1) is 14.3. The molecule has 1 aromatic carbocycles. The van der Waals surface area contributed by atoms with Crippen LogP contribution in [0.15, 0.2) is 42.5 Å². The third-order valence-corrected chi connectivity index (χ3v) is 4.37. The first-order valence-electron chi connectivity index (χ1n) is 7.30. The van der Waals surface area contributed by atoms with Gasteiger partial charge in [-0.1, -0.05) is 42.5 Å². The van der Waals surface area contributed by atoms with Crippen molar-refractivity contribution in [2.75, 3.05) is 13.1 Å². The first-order chi connectivity index (χ1) is 9.15. The summed E-state index contributed by atoms with van der Waals surface area (Å²) in [5.41, 5.74) is 8.80. The van der Waals surface area contributed by atoms with Crippen molar-refractivity contribution in [1.29, 1.82) is 0 Å². The second kappa shape index (κ2) is 6.36. The van der Waals surface area contributed by atoms with Crippen LogP contribution in [0.3, 0.4) is 0 Å².